The number of rotatable bonds is 8. The zero-order valence-electron chi connectivity index (χ0n) is 22.6. The Morgan fingerprint density at radius 1 is 1.05 bits per heavy atom. The van der Waals surface area contributed by atoms with E-state index in [1.807, 2.05) is 43.3 Å². The molecule has 2 heterocycles. The first-order valence-corrected chi connectivity index (χ1v) is 13.0. The van der Waals surface area contributed by atoms with E-state index in [4.69, 9.17) is 9.15 Å². The lowest BCUT2D eigenvalue weighted by Crippen LogP contribution is -2.56. The van der Waals surface area contributed by atoms with Crippen LogP contribution in [0.2, 0.25) is 0 Å². The second kappa shape index (κ2) is 12.0. The predicted molar refractivity (Wildman–Crippen MR) is 149 cm³/mol. The summed E-state index contributed by atoms with van der Waals surface area (Å²) in [4.78, 5) is 15.0. The zero-order valence-corrected chi connectivity index (χ0v) is 22.6. The Labute approximate surface area is 227 Å². The molecule has 1 unspecified atom stereocenters. The lowest BCUT2D eigenvalue weighted by molar-refractivity contribution is -0.197. The molecule has 1 aliphatic heterocycles. The van der Waals surface area contributed by atoms with Gasteiger partial charge in [-0.15, -0.1) is 0 Å². The van der Waals surface area contributed by atoms with Crippen molar-refractivity contribution in [3.05, 3.63) is 59.9 Å². The minimum Gasteiger partial charge on any atom is -0.456 e. The van der Waals surface area contributed by atoms with Crippen molar-refractivity contribution in [1.82, 2.24) is 5.32 Å². The Bertz CT molecular complexity index is 1410. The molecular formula is C30H35N3O6. The van der Waals surface area contributed by atoms with Crippen molar-refractivity contribution in [1.29, 1.82) is 5.26 Å². The average molecular weight is 534 g/mol. The van der Waals surface area contributed by atoms with E-state index in [0.717, 1.165) is 22.0 Å². The van der Waals surface area contributed by atoms with E-state index in [1.165, 1.54) is 0 Å². The van der Waals surface area contributed by atoms with E-state index < -0.39 is 30.3 Å². The molecule has 9 heteroatoms. The van der Waals surface area contributed by atoms with Crippen LogP contribution in [0, 0.1) is 17.2 Å². The molecule has 5 atom stereocenters. The summed E-state index contributed by atoms with van der Waals surface area (Å²) < 4.78 is 11.9. The molecule has 0 bridgehead atoms. The van der Waals surface area contributed by atoms with Crippen LogP contribution in [0.5, 0.6) is 0 Å². The van der Waals surface area contributed by atoms with Gasteiger partial charge in [0, 0.05) is 50.0 Å². The van der Waals surface area contributed by atoms with E-state index >= 15 is 0 Å². The van der Waals surface area contributed by atoms with Gasteiger partial charge in [0.05, 0.1) is 12.2 Å². The zero-order chi connectivity index (χ0) is 28.3. The van der Waals surface area contributed by atoms with Gasteiger partial charge in [0.2, 0.25) is 0 Å². The summed E-state index contributed by atoms with van der Waals surface area (Å²) in [6, 6.07) is 17.7. The summed E-state index contributed by atoms with van der Waals surface area (Å²) in [7, 11) is 4.00. The van der Waals surface area contributed by atoms with Crippen molar-refractivity contribution in [2.45, 2.75) is 44.7 Å². The fourth-order valence-electron chi connectivity index (χ4n) is 4.88. The lowest BCUT2D eigenvalue weighted by Gasteiger charge is -2.41. The van der Waals surface area contributed by atoms with Gasteiger partial charge in [0.15, 0.2) is 0 Å². The maximum absolute atomic E-state index is 12.9. The van der Waals surface area contributed by atoms with Crippen molar-refractivity contribution >= 4 is 27.9 Å². The van der Waals surface area contributed by atoms with E-state index in [1.54, 1.807) is 26.0 Å². The van der Waals surface area contributed by atoms with Crippen molar-refractivity contribution in [3.63, 3.8) is 0 Å². The van der Waals surface area contributed by atoms with Gasteiger partial charge in [-0.3, -0.25) is 4.79 Å². The van der Waals surface area contributed by atoms with Gasteiger partial charge in [-0.05, 0) is 54.4 Å². The number of amides is 1. The average Bonchev–Trinajstić information content (AvgIpc) is 3.43. The number of nitrogens with one attached hydrogen (secondary N) is 1. The number of furan rings is 1. The SMILES string of the molecule is C/C(=C(/C#N)C(=O)NC[C@H]1OC(CCO)[C@H](C)[C@@H](O)[C@@H]1O)c1ccc(-c2ccc3cc(N(C)C)ccc3c2)o1. The number of allylic oxidation sites excluding steroid dienone is 1. The van der Waals surface area contributed by atoms with Crippen molar-refractivity contribution in [2.75, 3.05) is 32.1 Å². The second-order valence-corrected chi connectivity index (χ2v) is 10.2. The van der Waals surface area contributed by atoms with Gasteiger partial charge < -0.3 is 34.7 Å². The number of fused-ring (bicyclic) bond motifs is 1. The Balaban J connectivity index is 1.49. The third kappa shape index (κ3) is 6.00. The summed E-state index contributed by atoms with van der Waals surface area (Å²) in [6.45, 7) is 3.14. The molecule has 4 rings (SSSR count). The molecule has 0 aliphatic carbocycles. The smallest absolute Gasteiger partial charge is 0.262 e. The highest BCUT2D eigenvalue weighted by atomic mass is 16.5. The van der Waals surface area contributed by atoms with Crippen molar-refractivity contribution in [2.24, 2.45) is 5.92 Å². The molecule has 206 valence electrons. The number of ether oxygens (including phenoxy) is 1. The molecule has 0 spiro atoms. The van der Waals surface area contributed by atoms with Crippen LogP contribution in [-0.2, 0) is 9.53 Å². The van der Waals surface area contributed by atoms with Crippen LogP contribution in [0.25, 0.3) is 27.7 Å². The number of carbonyl (C=O) groups excluding carboxylic acids is 1. The first-order valence-electron chi connectivity index (χ1n) is 13.0. The number of carbonyl (C=O) groups is 1. The van der Waals surface area contributed by atoms with E-state index in [0.29, 0.717) is 23.5 Å². The molecule has 4 N–H and O–H groups in total. The number of nitrogens with zero attached hydrogens (tertiary/aromatic N) is 2. The number of hydrogen-bond donors (Lipinski definition) is 4. The number of nitriles is 1. The number of hydrogen-bond acceptors (Lipinski definition) is 8. The van der Waals surface area contributed by atoms with Crippen LogP contribution >= 0.6 is 0 Å². The monoisotopic (exact) mass is 533 g/mol. The maximum Gasteiger partial charge on any atom is 0.262 e. The largest absolute Gasteiger partial charge is 0.456 e. The van der Waals surface area contributed by atoms with Gasteiger partial charge in [0.1, 0.15) is 35.4 Å². The summed E-state index contributed by atoms with van der Waals surface area (Å²) in [5.74, 6) is -0.0153. The summed E-state index contributed by atoms with van der Waals surface area (Å²) >= 11 is 0. The molecule has 2 aromatic carbocycles. The Morgan fingerprint density at radius 2 is 1.77 bits per heavy atom. The number of anilines is 1. The summed E-state index contributed by atoms with van der Waals surface area (Å²) in [6.07, 6.45) is -3.32. The first-order chi connectivity index (χ1) is 18.6. The fourth-order valence-corrected chi connectivity index (χ4v) is 4.88. The molecule has 0 radical (unpaired) electrons. The molecule has 1 aliphatic rings. The minimum absolute atomic E-state index is 0.111. The molecule has 39 heavy (non-hydrogen) atoms. The standard InChI is InChI=1S/C30H35N3O6/c1-17(23(15-31)30(37)32-16-27-29(36)28(35)18(2)25(39-27)11-12-34)24-9-10-26(38-24)21-6-5-20-14-22(33(3)4)8-7-19(20)13-21/h5-10,13-14,18,25,27-29,34-36H,11-12,16H2,1-4H3,(H,32,37)/b23-17+/t18-,25?,27+,28+,29+/m0/s1. The van der Waals surface area contributed by atoms with E-state index in [9.17, 15) is 25.4 Å². The van der Waals surface area contributed by atoms with Gasteiger partial charge in [-0.2, -0.15) is 5.26 Å². The lowest BCUT2D eigenvalue weighted by atomic mass is 9.86. The van der Waals surface area contributed by atoms with Crippen LogP contribution in [0.4, 0.5) is 5.69 Å². The Hall–Kier alpha value is -3.68. The molecule has 1 fully saturated rings. The quantitative estimate of drug-likeness (QED) is 0.256. The maximum atomic E-state index is 12.9. The van der Waals surface area contributed by atoms with Crippen LogP contribution in [-0.4, -0.2) is 72.9 Å². The molecule has 1 amide bonds. The van der Waals surface area contributed by atoms with Gasteiger partial charge in [-0.25, -0.2) is 0 Å². The third-order valence-corrected chi connectivity index (χ3v) is 7.40. The van der Waals surface area contributed by atoms with Crippen LogP contribution in [0.3, 0.4) is 0 Å². The van der Waals surface area contributed by atoms with Crippen molar-refractivity contribution in [3.8, 4) is 17.4 Å². The molecular weight excluding hydrogens is 498 g/mol. The van der Waals surface area contributed by atoms with Gasteiger partial charge in [-0.1, -0.05) is 25.1 Å². The van der Waals surface area contributed by atoms with Crippen LogP contribution in [0.1, 0.15) is 26.0 Å². The first kappa shape index (κ1) is 28.3. The van der Waals surface area contributed by atoms with Crippen LogP contribution < -0.4 is 10.2 Å². The highest BCUT2D eigenvalue weighted by molar-refractivity contribution is 6.04. The topological polar surface area (TPSA) is 139 Å². The Morgan fingerprint density at radius 3 is 2.46 bits per heavy atom. The fraction of sp³-hybridized carbons (Fsp3) is 0.400. The molecule has 1 aromatic heterocycles. The molecule has 1 saturated heterocycles. The molecule has 3 aromatic rings. The minimum atomic E-state index is -1.21. The van der Waals surface area contributed by atoms with Crippen LogP contribution in [0.15, 0.2) is 58.5 Å². The van der Waals surface area contributed by atoms with Gasteiger partial charge in [0.25, 0.3) is 5.91 Å². The second-order valence-electron chi connectivity index (χ2n) is 10.2. The van der Waals surface area contributed by atoms with Gasteiger partial charge >= 0.3 is 0 Å². The highest BCUT2D eigenvalue weighted by Crippen LogP contribution is 2.31. The highest BCUT2D eigenvalue weighted by Gasteiger charge is 2.41. The molecule has 0 saturated carbocycles. The normalized spacial score (nSPS) is 23.7. The van der Waals surface area contributed by atoms with E-state index in [-0.39, 0.29) is 24.6 Å². The van der Waals surface area contributed by atoms with E-state index in [2.05, 4.69) is 23.5 Å². The summed E-state index contributed by atoms with van der Waals surface area (Å²) in [5.41, 5.74) is 2.22. The number of aliphatic hydroxyl groups is 3. The third-order valence-electron chi connectivity index (χ3n) is 7.40. The molecule has 9 nitrogen and oxygen atoms in total. The van der Waals surface area contributed by atoms with Crippen molar-refractivity contribution < 1.29 is 29.3 Å². The number of benzene rings is 2. The predicted octanol–water partition coefficient (Wildman–Crippen LogP) is 3.09. The Kier molecular flexibility index (Phi) is 8.73. The summed E-state index contributed by atoms with van der Waals surface area (Å²) in [5, 5.41) is 44.6. The number of aliphatic hydroxyl groups excluding tert-OH is 3.